The Bertz CT molecular complexity index is 521. The van der Waals surface area contributed by atoms with Gasteiger partial charge in [0, 0.05) is 19.6 Å². The molecule has 0 radical (unpaired) electrons. The first-order valence-corrected chi connectivity index (χ1v) is 7.07. The van der Waals surface area contributed by atoms with Crippen LogP contribution in [0.1, 0.15) is 18.4 Å². The van der Waals surface area contributed by atoms with E-state index in [0.717, 1.165) is 0 Å². The highest BCUT2D eigenvalue weighted by atomic mass is 19.1. The lowest BCUT2D eigenvalue weighted by Crippen LogP contribution is -2.47. The van der Waals surface area contributed by atoms with Crippen molar-refractivity contribution in [2.75, 3.05) is 19.6 Å². The van der Waals surface area contributed by atoms with E-state index in [-0.39, 0.29) is 18.4 Å². The number of carboxylic acid groups (broad SMARTS) is 1. The molecule has 1 aliphatic rings. The highest BCUT2D eigenvalue weighted by Crippen LogP contribution is 2.16. The Labute approximate surface area is 122 Å². The van der Waals surface area contributed by atoms with Gasteiger partial charge >= 0.3 is 12.0 Å². The van der Waals surface area contributed by atoms with Gasteiger partial charge < -0.3 is 15.3 Å². The van der Waals surface area contributed by atoms with E-state index in [1.54, 1.807) is 18.2 Å². The molecule has 2 N–H and O–H groups in total. The van der Waals surface area contributed by atoms with Crippen molar-refractivity contribution < 1.29 is 19.1 Å². The summed E-state index contributed by atoms with van der Waals surface area (Å²) in [5, 5.41) is 11.7. The van der Waals surface area contributed by atoms with Crippen molar-refractivity contribution >= 4 is 12.0 Å². The van der Waals surface area contributed by atoms with Crippen LogP contribution < -0.4 is 5.32 Å². The number of likely N-dealkylation sites (tertiary alicyclic amines) is 1. The molecule has 2 rings (SSSR count). The molecule has 0 saturated carbocycles. The molecule has 1 atom stereocenters. The number of piperidine rings is 1. The van der Waals surface area contributed by atoms with Gasteiger partial charge in [0.1, 0.15) is 5.82 Å². The third-order valence-electron chi connectivity index (χ3n) is 3.69. The summed E-state index contributed by atoms with van der Waals surface area (Å²) in [4.78, 5) is 24.4. The van der Waals surface area contributed by atoms with Crippen molar-refractivity contribution in [3.05, 3.63) is 35.6 Å². The molecular weight excluding hydrogens is 275 g/mol. The van der Waals surface area contributed by atoms with E-state index in [1.165, 1.54) is 11.0 Å². The van der Waals surface area contributed by atoms with E-state index >= 15 is 0 Å². The number of carbonyl (C=O) groups is 2. The van der Waals surface area contributed by atoms with Crippen molar-refractivity contribution in [2.45, 2.75) is 19.3 Å². The Balaban J connectivity index is 1.79. The van der Waals surface area contributed by atoms with Gasteiger partial charge in [-0.05, 0) is 30.9 Å². The predicted molar refractivity (Wildman–Crippen MR) is 75.4 cm³/mol. The maximum Gasteiger partial charge on any atom is 0.317 e. The Morgan fingerprint density at radius 2 is 2.14 bits per heavy atom. The molecule has 0 aliphatic carbocycles. The molecule has 0 bridgehead atoms. The summed E-state index contributed by atoms with van der Waals surface area (Å²) in [7, 11) is 0. The van der Waals surface area contributed by atoms with E-state index in [2.05, 4.69) is 5.32 Å². The highest BCUT2D eigenvalue weighted by molar-refractivity contribution is 5.76. The van der Waals surface area contributed by atoms with Gasteiger partial charge in [-0.1, -0.05) is 18.2 Å². The van der Waals surface area contributed by atoms with Crippen molar-refractivity contribution in [1.29, 1.82) is 0 Å². The number of urea groups is 1. The van der Waals surface area contributed by atoms with Crippen molar-refractivity contribution in [3.8, 4) is 0 Å². The SMILES string of the molecule is O=C(O)C1CCCN(C(=O)NCCc2ccccc2F)C1. The first-order valence-electron chi connectivity index (χ1n) is 7.07. The van der Waals surface area contributed by atoms with Gasteiger partial charge in [-0.3, -0.25) is 4.79 Å². The fourth-order valence-corrected chi connectivity index (χ4v) is 2.48. The Morgan fingerprint density at radius 1 is 1.38 bits per heavy atom. The number of nitrogens with one attached hydrogen (secondary N) is 1. The van der Waals surface area contributed by atoms with E-state index in [9.17, 15) is 14.0 Å². The second-order valence-electron chi connectivity index (χ2n) is 5.20. The maximum atomic E-state index is 13.4. The summed E-state index contributed by atoms with van der Waals surface area (Å²) in [5.74, 6) is -1.63. The first kappa shape index (κ1) is 15.3. The van der Waals surface area contributed by atoms with Crippen LogP contribution in [0.15, 0.2) is 24.3 Å². The molecule has 21 heavy (non-hydrogen) atoms. The quantitative estimate of drug-likeness (QED) is 0.890. The van der Waals surface area contributed by atoms with E-state index in [1.807, 2.05) is 0 Å². The maximum absolute atomic E-state index is 13.4. The minimum absolute atomic E-state index is 0.237. The molecular formula is C15H19FN2O3. The fourth-order valence-electron chi connectivity index (χ4n) is 2.48. The molecule has 1 heterocycles. The summed E-state index contributed by atoms with van der Waals surface area (Å²) in [6, 6.07) is 6.17. The van der Waals surface area contributed by atoms with Crippen LogP contribution in [0.25, 0.3) is 0 Å². The van der Waals surface area contributed by atoms with Gasteiger partial charge in [-0.25, -0.2) is 9.18 Å². The summed E-state index contributed by atoms with van der Waals surface area (Å²) in [6.45, 7) is 1.13. The van der Waals surface area contributed by atoms with Crippen LogP contribution in [0.2, 0.25) is 0 Å². The standard InChI is InChI=1S/C15H19FN2O3/c16-13-6-2-1-4-11(13)7-8-17-15(21)18-9-3-5-12(10-18)14(19)20/h1-2,4,6,12H,3,5,7-10H2,(H,17,21)(H,19,20). The third-order valence-corrected chi connectivity index (χ3v) is 3.69. The van der Waals surface area contributed by atoms with Gasteiger partial charge in [-0.2, -0.15) is 0 Å². The smallest absolute Gasteiger partial charge is 0.317 e. The summed E-state index contributed by atoms with van der Waals surface area (Å²) in [5.41, 5.74) is 0.555. The van der Waals surface area contributed by atoms with Crippen LogP contribution >= 0.6 is 0 Å². The molecule has 5 nitrogen and oxygen atoms in total. The number of rotatable bonds is 4. The summed E-state index contributed by atoms with van der Waals surface area (Å²) >= 11 is 0. The summed E-state index contributed by atoms with van der Waals surface area (Å²) in [6.07, 6.45) is 1.71. The fraction of sp³-hybridized carbons (Fsp3) is 0.467. The minimum Gasteiger partial charge on any atom is -0.481 e. The lowest BCUT2D eigenvalue weighted by molar-refractivity contribution is -0.143. The normalized spacial score (nSPS) is 18.3. The number of carboxylic acids is 1. The zero-order valence-electron chi connectivity index (χ0n) is 11.7. The number of benzene rings is 1. The number of hydrogen-bond donors (Lipinski definition) is 2. The topological polar surface area (TPSA) is 69.6 Å². The van der Waals surface area contributed by atoms with Crippen molar-refractivity contribution in [3.63, 3.8) is 0 Å². The molecule has 1 saturated heterocycles. The van der Waals surface area contributed by atoms with E-state index in [0.29, 0.717) is 37.9 Å². The lowest BCUT2D eigenvalue weighted by Gasteiger charge is -2.30. The number of aliphatic carboxylic acids is 1. The molecule has 1 fully saturated rings. The van der Waals surface area contributed by atoms with E-state index < -0.39 is 11.9 Å². The van der Waals surface area contributed by atoms with Crippen molar-refractivity contribution in [2.24, 2.45) is 5.92 Å². The zero-order valence-corrected chi connectivity index (χ0v) is 11.7. The minimum atomic E-state index is -0.862. The molecule has 0 spiro atoms. The van der Waals surface area contributed by atoms with Crippen LogP contribution in [0, 0.1) is 11.7 Å². The van der Waals surface area contributed by atoms with Gasteiger partial charge in [0.2, 0.25) is 0 Å². The second kappa shape index (κ2) is 7.06. The molecule has 1 aliphatic heterocycles. The van der Waals surface area contributed by atoms with Gasteiger partial charge in [0.25, 0.3) is 0 Å². The van der Waals surface area contributed by atoms with Crippen LogP contribution in [0.3, 0.4) is 0 Å². The monoisotopic (exact) mass is 294 g/mol. The molecule has 114 valence electrons. The number of carbonyl (C=O) groups excluding carboxylic acids is 1. The zero-order chi connectivity index (χ0) is 15.2. The Morgan fingerprint density at radius 3 is 2.86 bits per heavy atom. The lowest BCUT2D eigenvalue weighted by atomic mass is 9.99. The van der Waals surface area contributed by atoms with Crippen LogP contribution in [0.5, 0.6) is 0 Å². The largest absolute Gasteiger partial charge is 0.481 e. The first-order chi connectivity index (χ1) is 10.1. The van der Waals surface area contributed by atoms with Crippen LogP contribution in [-0.4, -0.2) is 41.6 Å². The molecule has 0 aromatic heterocycles. The molecule has 1 aromatic carbocycles. The third kappa shape index (κ3) is 4.18. The Kier molecular flexibility index (Phi) is 5.14. The molecule has 6 heteroatoms. The average molecular weight is 294 g/mol. The second-order valence-corrected chi connectivity index (χ2v) is 5.20. The number of amides is 2. The average Bonchev–Trinajstić information content (AvgIpc) is 2.49. The number of halogens is 1. The van der Waals surface area contributed by atoms with Crippen LogP contribution in [0.4, 0.5) is 9.18 Å². The summed E-state index contributed by atoms with van der Waals surface area (Å²) < 4.78 is 13.4. The highest BCUT2D eigenvalue weighted by Gasteiger charge is 2.27. The van der Waals surface area contributed by atoms with Gasteiger partial charge in [0.15, 0.2) is 0 Å². The molecule has 2 amide bonds. The van der Waals surface area contributed by atoms with E-state index in [4.69, 9.17) is 5.11 Å². The molecule has 1 aromatic rings. The number of nitrogens with zero attached hydrogens (tertiary/aromatic N) is 1. The Hall–Kier alpha value is -2.11. The van der Waals surface area contributed by atoms with Crippen molar-refractivity contribution in [1.82, 2.24) is 10.2 Å². The number of hydrogen-bond acceptors (Lipinski definition) is 2. The predicted octanol–water partition coefficient (Wildman–Crippen LogP) is 1.87. The van der Waals surface area contributed by atoms with Gasteiger partial charge in [0.05, 0.1) is 5.92 Å². The molecule has 1 unspecified atom stereocenters. The van der Waals surface area contributed by atoms with Gasteiger partial charge in [-0.15, -0.1) is 0 Å². The van der Waals surface area contributed by atoms with Crippen LogP contribution in [-0.2, 0) is 11.2 Å².